The number of nitrogens with one attached hydrogen (secondary N) is 2. The second-order valence-corrected chi connectivity index (χ2v) is 4.12. The van der Waals surface area contributed by atoms with E-state index in [-0.39, 0.29) is 0 Å². The van der Waals surface area contributed by atoms with E-state index in [0.29, 0.717) is 0 Å². The molecule has 1 rings (SSSR count). The Labute approximate surface area is 82.5 Å². The van der Waals surface area contributed by atoms with Gasteiger partial charge in [0.1, 0.15) is 0 Å². The molecule has 0 heterocycles. The van der Waals surface area contributed by atoms with Crippen molar-refractivity contribution in [1.82, 2.24) is 10.6 Å². The fourth-order valence-electron chi connectivity index (χ4n) is 1.54. The van der Waals surface area contributed by atoms with Crippen molar-refractivity contribution in [3.8, 4) is 0 Å². The van der Waals surface area contributed by atoms with E-state index in [1.165, 1.54) is 32.2 Å². The zero-order valence-electron chi connectivity index (χ0n) is 9.10. The van der Waals surface area contributed by atoms with E-state index in [1.54, 1.807) is 0 Å². The first-order valence-corrected chi connectivity index (χ1v) is 5.80. The molecule has 0 aliphatic heterocycles. The molecule has 0 radical (unpaired) electrons. The minimum atomic E-state index is 0.856. The molecule has 1 fully saturated rings. The minimum absolute atomic E-state index is 0.856. The number of hydrogen-bond acceptors (Lipinski definition) is 2. The van der Waals surface area contributed by atoms with Crippen LogP contribution in [0.5, 0.6) is 0 Å². The van der Waals surface area contributed by atoms with Crippen LogP contribution in [0.3, 0.4) is 0 Å². The first-order chi connectivity index (χ1) is 6.36. The summed E-state index contributed by atoms with van der Waals surface area (Å²) in [6.45, 7) is 8.02. The Morgan fingerprint density at radius 3 is 2.38 bits per heavy atom. The number of rotatable bonds is 8. The quantitative estimate of drug-likeness (QED) is 0.562. The van der Waals surface area contributed by atoms with Crippen LogP contribution in [0.25, 0.3) is 0 Å². The van der Waals surface area contributed by atoms with Gasteiger partial charge in [-0.1, -0.05) is 26.7 Å². The maximum atomic E-state index is 3.51. The van der Waals surface area contributed by atoms with Crippen LogP contribution in [0.15, 0.2) is 0 Å². The maximum Gasteiger partial charge on any atom is 0.00793 e. The van der Waals surface area contributed by atoms with Crippen LogP contribution in [0.1, 0.15) is 39.5 Å². The molecule has 0 aromatic carbocycles. The standard InChI is InChI=1S/C11H24N2/c1-3-10(4-2)9-12-7-8-13-11-5-6-11/h10-13H,3-9H2,1-2H3. The van der Waals surface area contributed by atoms with Crippen molar-refractivity contribution in [1.29, 1.82) is 0 Å². The minimum Gasteiger partial charge on any atom is -0.315 e. The van der Waals surface area contributed by atoms with Crippen molar-refractivity contribution in [2.45, 2.75) is 45.6 Å². The molecule has 1 aliphatic rings. The molecule has 2 N–H and O–H groups in total. The van der Waals surface area contributed by atoms with Gasteiger partial charge in [0.25, 0.3) is 0 Å². The summed E-state index contributed by atoms with van der Waals surface area (Å²) in [7, 11) is 0. The molecule has 1 saturated carbocycles. The van der Waals surface area contributed by atoms with Gasteiger partial charge >= 0.3 is 0 Å². The summed E-state index contributed by atoms with van der Waals surface area (Å²) in [5.74, 6) is 0.876. The van der Waals surface area contributed by atoms with E-state index in [0.717, 1.165) is 25.0 Å². The molecule has 0 bridgehead atoms. The lowest BCUT2D eigenvalue weighted by molar-refractivity contribution is 0.447. The van der Waals surface area contributed by atoms with E-state index in [4.69, 9.17) is 0 Å². The molecule has 0 amide bonds. The van der Waals surface area contributed by atoms with E-state index >= 15 is 0 Å². The third kappa shape index (κ3) is 5.27. The van der Waals surface area contributed by atoms with Crippen molar-refractivity contribution in [3.63, 3.8) is 0 Å². The van der Waals surface area contributed by atoms with Crippen molar-refractivity contribution < 1.29 is 0 Å². The molecule has 2 nitrogen and oxygen atoms in total. The molecule has 0 spiro atoms. The highest BCUT2D eigenvalue weighted by Crippen LogP contribution is 2.17. The highest BCUT2D eigenvalue weighted by Gasteiger charge is 2.19. The Bertz CT molecular complexity index is 117. The lowest BCUT2D eigenvalue weighted by Crippen LogP contribution is -2.31. The van der Waals surface area contributed by atoms with Crippen molar-refractivity contribution in [2.75, 3.05) is 19.6 Å². The van der Waals surface area contributed by atoms with Crippen molar-refractivity contribution in [3.05, 3.63) is 0 Å². The Morgan fingerprint density at radius 2 is 1.85 bits per heavy atom. The Balaban J connectivity index is 1.81. The summed E-state index contributed by atoms with van der Waals surface area (Å²) >= 11 is 0. The van der Waals surface area contributed by atoms with E-state index in [1.807, 2.05) is 0 Å². The summed E-state index contributed by atoms with van der Waals surface area (Å²) in [6.07, 6.45) is 5.40. The molecule has 0 aromatic rings. The van der Waals surface area contributed by atoms with Gasteiger partial charge in [-0.2, -0.15) is 0 Å². The molecule has 13 heavy (non-hydrogen) atoms. The summed E-state index contributed by atoms with van der Waals surface area (Å²) in [6, 6.07) is 0.856. The van der Waals surface area contributed by atoms with Crippen LogP contribution in [0.2, 0.25) is 0 Å². The normalized spacial score (nSPS) is 16.8. The van der Waals surface area contributed by atoms with E-state index in [9.17, 15) is 0 Å². The molecular formula is C11H24N2. The van der Waals surface area contributed by atoms with Crippen molar-refractivity contribution in [2.24, 2.45) is 5.92 Å². The highest BCUT2D eigenvalue weighted by atomic mass is 15.0. The Morgan fingerprint density at radius 1 is 1.15 bits per heavy atom. The van der Waals surface area contributed by atoms with Gasteiger partial charge in [-0.3, -0.25) is 0 Å². The third-order valence-corrected chi connectivity index (χ3v) is 2.90. The van der Waals surface area contributed by atoms with Gasteiger partial charge in [0.15, 0.2) is 0 Å². The summed E-state index contributed by atoms with van der Waals surface area (Å²) < 4.78 is 0. The zero-order valence-corrected chi connectivity index (χ0v) is 9.10. The fourth-order valence-corrected chi connectivity index (χ4v) is 1.54. The second-order valence-electron chi connectivity index (χ2n) is 4.12. The fraction of sp³-hybridized carbons (Fsp3) is 1.00. The lowest BCUT2D eigenvalue weighted by atomic mass is 10.0. The van der Waals surface area contributed by atoms with Gasteiger partial charge in [0, 0.05) is 19.1 Å². The monoisotopic (exact) mass is 184 g/mol. The Kier molecular flexibility index (Phi) is 5.40. The summed E-state index contributed by atoms with van der Waals surface area (Å²) in [5, 5.41) is 7.01. The summed E-state index contributed by atoms with van der Waals surface area (Å²) in [5.41, 5.74) is 0. The van der Waals surface area contributed by atoms with Gasteiger partial charge in [-0.05, 0) is 25.3 Å². The third-order valence-electron chi connectivity index (χ3n) is 2.90. The lowest BCUT2D eigenvalue weighted by Gasteiger charge is -2.13. The first-order valence-electron chi connectivity index (χ1n) is 5.80. The number of hydrogen-bond donors (Lipinski definition) is 2. The largest absolute Gasteiger partial charge is 0.315 e. The average molecular weight is 184 g/mol. The SMILES string of the molecule is CCC(CC)CNCCNC1CC1. The zero-order chi connectivity index (χ0) is 9.52. The highest BCUT2D eigenvalue weighted by molar-refractivity contribution is 4.80. The molecule has 0 saturated heterocycles. The molecular weight excluding hydrogens is 160 g/mol. The predicted octanol–water partition coefficient (Wildman–Crippen LogP) is 1.76. The summed E-state index contributed by atoms with van der Waals surface area (Å²) in [4.78, 5) is 0. The van der Waals surface area contributed by atoms with Gasteiger partial charge in [-0.25, -0.2) is 0 Å². The van der Waals surface area contributed by atoms with Crippen LogP contribution < -0.4 is 10.6 Å². The first kappa shape index (κ1) is 11.0. The average Bonchev–Trinajstić information content (AvgIpc) is 2.95. The molecule has 2 heteroatoms. The van der Waals surface area contributed by atoms with Gasteiger partial charge < -0.3 is 10.6 Å². The molecule has 78 valence electrons. The topological polar surface area (TPSA) is 24.1 Å². The predicted molar refractivity (Wildman–Crippen MR) is 58.0 cm³/mol. The van der Waals surface area contributed by atoms with Gasteiger partial charge in [0.2, 0.25) is 0 Å². The molecule has 0 unspecified atom stereocenters. The molecule has 0 aromatic heterocycles. The van der Waals surface area contributed by atoms with Crippen LogP contribution in [0, 0.1) is 5.92 Å². The van der Waals surface area contributed by atoms with E-state index < -0.39 is 0 Å². The van der Waals surface area contributed by atoms with Crippen LogP contribution in [-0.2, 0) is 0 Å². The van der Waals surface area contributed by atoms with Gasteiger partial charge in [0.05, 0.1) is 0 Å². The molecule has 1 aliphatic carbocycles. The van der Waals surface area contributed by atoms with Crippen LogP contribution in [-0.4, -0.2) is 25.7 Å². The Hall–Kier alpha value is -0.0800. The van der Waals surface area contributed by atoms with Crippen LogP contribution >= 0.6 is 0 Å². The molecule has 0 atom stereocenters. The maximum absolute atomic E-state index is 3.51. The smallest absolute Gasteiger partial charge is 0.00793 e. The van der Waals surface area contributed by atoms with Crippen LogP contribution in [0.4, 0.5) is 0 Å². The second kappa shape index (κ2) is 6.39. The van der Waals surface area contributed by atoms with Gasteiger partial charge in [-0.15, -0.1) is 0 Å². The van der Waals surface area contributed by atoms with E-state index in [2.05, 4.69) is 24.5 Å². The van der Waals surface area contributed by atoms with Crippen molar-refractivity contribution >= 4 is 0 Å².